The Labute approximate surface area is 116 Å². The van der Waals surface area contributed by atoms with Crippen molar-refractivity contribution in [1.29, 1.82) is 0 Å². The summed E-state index contributed by atoms with van der Waals surface area (Å²) < 4.78 is 11.7. The van der Waals surface area contributed by atoms with E-state index in [0.717, 1.165) is 36.9 Å². The van der Waals surface area contributed by atoms with Crippen LogP contribution in [0.2, 0.25) is 0 Å². The Balaban J connectivity index is 1.68. The van der Waals surface area contributed by atoms with Crippen molar-refractivity contribution in [2.45, 2.75) is 65.2 Å². The maximum Gasteiger partial charge on any atom is 0.129 e. The van der Waals surface area contributed by atoms with Gasteiger partial charge in [0.15, 0.2) is 0 Å². The lowest BCUT2D eigenvalue weighted by Gasteiger charge is -2.25. The summed E-state index contributed by atoms with van der Waals surface area (Å²) >= 11 is 0. The van der Waals surface area contributed by atoms with Crippen molar-refractivity contribution in [1.82, 2.24) is 5.32 Å². The zero-order valence-corrected chi connectivity index (χ0v) is 12.3. The highest BCUT2D eigenvalue weighted by Crippen LogP contribution is 2.26. The minimum atomic E-state index is 0.433. The van der Waals surface area contributed by atoms with Gasteiger partial charge in [0.05, 0.1) is 12.6 Å². The molecule has 0 amide bonds. The van der Waals surface area contributed by atoms with Gasteiger partial charge in [-0.1, -0.05) is 13.8 Å². The molecule has 3 heteroatoms. The molecule has 1 N–H and O–H groups in total. The molecule has 3 nitrogen and oxygen atoms in total. The highest BCUT2D eigenvalue weighted by atomic mass is 16.5. The van der Waals surface area contributed by atoms with Crippen LogP contribution in [0.15, 0.2) is 16.5 Å². The number of furan rings is 1. The Kier molecular flexibility index (Phi) is 5.93. The van der Waals surface area contributed by atoms with Gasteiger partial charge in [0, 0.05) is 0 Å². The van der Waals surface area contributed by atoms with Crippen molar-refractivity contribution >= 4 is 0 Å². The number of rotatable bonds is 7. The van der Waals surface area contributed by atoms with Gasteiger partial charge in [-0.05, 0) is 56.7 Å². The first-order chi connectivity index (χ1) is 9.28. The second kappa shape index (κ2) is 7.71. The fourth-order valence-electron chi connectivity index (χ4n) is 2.58. The third-order valence-electron chi connectivity index (χ3n) is 3.87. The Bertz CT molecular complexity index is 353. The molecule has 0 spiro atoms. The van der Waals surface area contributed by atoms with Crippen LogP contribution in [0.1, 0.15) is 57.5 Å². The maximum absolute atomic E-state index is 5.94. The van der Waals surface area contributed by atoms with Crippen molar-refractivity contribution in [3.63, 3.8) is 0 Å². The molecule has 0 aliphatic heterocycles. The van der Waals surface area contributed by atoms with Crippen LogP contribution in [0, 0.1) is 5.92 Å². The van der Waals surface area contributed by atoms with Crippen LogP contribution in [-0.4, -0.2) is 12.6 Å². The van der Waals surface area contributed by atoms with E-state index in [2.05, 4.69) is 19.2 Å². The maximum atomic E-state index is 5.94. The average Bonchev–Trinajstić information content (AvgIpc) is 2.86. The molecule has 0 atom stereocenters. The quantitative estimate of drug-likeness (QED) is 0.760. The van der Waals surface area contributed by atoms with Gasteiger partial charge in [-0.25, -0.2) is 0 Å². The van der Waals surface area contributed by atoms with Gasteiger partial charge in [-0.15, -0.1) is 0 Å². The minimum absolute atomic E-state index is 0.433. The van der Waals surface area contributed by atoms with Crippen molar-refractivity contribution in [2.24, 2.45) is 5.92 Å². The van der Waals surface area contributed by atoms with E-state index < -0.39 is 0 Å². The molecule has 2 rings (SSSR count). The monoisotopic (exact) mass is 265 g/mol. The molecule has 1 aromatic rings. The molecule has 0 unspecified atom stereocenters. The second-order valence-electron chi connectivity index (χ2n) is 5.74. The normalized spacial score (nSPS) is 23.7. The van der Waals surface area contributed by atoms with Gasteiger partial charge in [0.2, 0.25) is 0 Å². The van der Waals surface area contributed by atoms with E-state index in [9.17, 15) is 0 Å². The van der Waals surface area contributed by atoms with E-state index in [-0.39, 0.29) is 0 Å². The van der Waals surface area contributed by atoms with Gasteiger partial charge in [-0.3, -0.25) is 0 Å². The number of nitrogens with one attached hydrogen (secondary N) is 1. The zero-order chi connectivity index (χ0) is 13.5. The van der Waals surface area contributed by atoms with Crippen LogP contribution in [0.4, 0.5) is 0 Å². The fraction of sp³-hybridized carbons (Fsp3) is 0.750. The lowest BCUT2D eigenvalue weighted by Crippen LogP contribution is -2.20. The van der Waals surface area contributed by atoms with Crippen LogP contribution in [0.5, 0.6) is 0 Å². The summed E-state index contributed by atoms with van der Waals surface area (Å²) in [7, 11) is 0. The van der Waals surface area contributed by atoms with Gasteiger partial charge in [-0.2, -0.15) is 0 Å². The van der Waals surface area contributed by atoms with Crippen LogP contribution in [0.25, 0.3) is 0 Å². The SMILES string of the molecule is CCCNCc1ccc(COC2CCC(C)CC2)o1. The minimum Gasteiger partial charge on any atom is -0.462 e. The predicted octanol–water partition coefficient (Wildman–Crippen LogP) is 3.87. The first-order valence-corrected chi connectivity index (χ1v) is 7.67. The molecule has 1 aliphatic carbocycles. The van der Waals surface area contributed by atoms with Crippen molar-refractivity contribution in [3.05, 3.63) is 23.7 Å². The van der Waals surface area contributed by atoms with E-state index in [1.165, 1.54) is 25.7 Å². The molecule has 0 aromatic carbocycles. The molecular formula is C16H27NO2. The first kappa shape index (κ1) is 14.6. The lowest BCUT2D eigenvalue weighted by atomic mass is 9.89. The zero-order valence-electron chi connectivity index (χ0n) is 12.3. The highest BCUT2D eigenvalue weighted by Gasteiger charge is 2.18. The summed E-state index contributed by atoms with van der Waals surface area (Å²) in [5.41, 5.74) is 0. The fourth-order valence-corrected chi connectivity index (χ4v) is 2.58. The molecule has 1 saturated carbocycles. The highest BCUT2D eigenvalue weighted by molar-refractivity contribution is 5.06. The third kappa shape index (κ3) is 5.00. The molecule has 0 radical (unpaired) electrons. The van der Waals surface area contributed by atoms with E-state index in [0.29, 0.717) is 12.7 Å². The molecule has 19 heavy (non-hydrogen) atoms. The summed E-state index contributed by atoms with van der Waals surface area (Å²) in [6.07, 6.45) is 6.59. The van der Waals surface area contributed by atoms with Gasteiger partial charge in [0.25, 0.3) is 0 Å². The first-order valence-electron chi connectivity index (χ1n) is 7.67. The summed E-state index contributed by atoms with van der Waals surface area (Å²) in [6.45, 7) is 6.96. The smallest absolute Gasteiger partial charge is 0.129 e. The van der Waals surface area contributed by atoms with Crippen molar-refractivity contribution in [3.8, 4) is 0 Å². The molecule has 1 aromatic heterocycles. The summed E-state index contributed by atoms with van der Waals surface area (Å²) in [5.74, 6) is 2.83. The van der Waals surface area contributed by atoms with Crippen molar-refractivity contribution in [2.75, 3.05) is 6.54 Å². The van der Waals surface area contributed by atoms with E-state index in [4.69, 9.17) is 9.15 Å². The molecule has 0 bridgehead atoms. The average molecular weight is 265 g/mol. The van der Waals surface area contributed by atoms with Crippen LogP contribution >= 0.6 is 0 Å². The number of hydrogen-bond donors (Lipinski definition) is 1. The van der Waals surface area contributed by atoms with Crippen LogP contribution in [-0.2, 0) is 17.9 Å². The summed E-state index contributed by atoms with van der Waals surface area (Å²) in [6, 6.07) is 4.08. The molecule has 0 saturated heterocycles. The Morgan fingerprint density at radius 3 is 2.68 bits per heavy atom. The van der Waals surface area contributed by atoms with E-state index in [1.807, 2.05) is 12.1 Å². The summed E-state index contributed by atoms with van der Waals surface area (Å²) in [4.78, 5) is 0. The predicted molar refractivity (Wildman–Crippen MR) is 76.9 cm³/mol. The Morgan fingerprint density at radius 2 is 1.95 bits per heavy atom. The molecule has 1 heterocycles. The Morgan fingerprint density at radius 1 is 1.21 bits per heavy atom. The molecular weight excluding hydrogens is 238 g/mol. The molecule has 1 fully saturated rings. The van der Waals surface area contributed by atoms with Crippen molar-refractivity contribution < 1.29 is 9.15 Å². The van der Waals surface area contributed by atoms with Crippen LogP contribution < -0.4 is 5.32 Å². The van der Waals surface area contributed by atoms with E-state index in [1.54, 1.807) is 0 Å². The largest absolute Gasteiger partial charge is 0.462 e. The molecule has 108 valence electrons. The van der Waals surface area contributed by atoms with Gasteiger partial charge >= 0.3 is 0 Å². The standard InChI is InChI=1S/C16H27NO2/c1-3-10-17-11-15-8-9-16(19-15)12-18-14-6-4-13(2)5-7-14/h8-9,13-14,17H,3-7,10-12H2,1-2H3. The molecule has 1 aliphatic rings. The lowest BCUT2D eigenvalue weighted by molar-refractivity contribution is 0.000896. The number of ether oxygens (including phenoxy) is 1. The van der Waals surface area contributed by atoms with Gasteiger partial charge in [0.1, 0.15) is 18.1 Å². The number of hydrogen-bond acceptors (Lipinski definition) is 3. The second-order valence-corrected chi connectivity index (χ2v) is 5.74. The topological polar surface area (TPSA) is 34.4 Å². The Hall–Kier alpha value is -0.800. The van der Waals surface area contributed by atoms with E-state index >= 15 is 0 Å². The third-order valence-corrected chi connectivity index (χ3v) is 3.87. The van der Waals surface area contributed by atoms with Gasteiger partial charge < -0.3 is 14.5 Å². The van der Waals surface area contributed by atoms with Crippen LogP contribution in [0.3, 0.4) is 0 Å². The summed E-state index contributed by atoms with van der Waals surface area (Å²) in [5, 5.41) is 3.34.